The van der Waals surface area contributed by atoms with E-state index >= 15 is 0 Å². The molecular weight excluding hydrogens is 520 g/mol. The van der Waals surface area contributed by atoms with E-state index in [0.717, 1.165) is 17.7 Å². The van der Waals surface area contributed by atoms with Crippen LogP contribution < -0.4 is 19.7 Å². The summed E-state index contributed by atoms with van der Waals surface area (Å²) in [5.41, 5.74) is 1.69. The molecule has 214 valence electrons. The van der Waals surface area contributed by atoms with Gasteiger partial charge in [-0.2, -0.15) is 0 Å². The zero-order valence-corrected chi connectivity index (χ0v) is 23.5. The van der Waals surface area contributed by atoms with Crippen LogP contribution in [0, 0.1) is 0 Å². The van der Waals surface area contributed by atoms with Gasteiger partial charge in [-0.05, 0) is 49.1 Å². The van der Waals surface area contributed by atoms with Gasteiger partial charge in [0.1, 0.15) is 23.6 Å². The largest absolute Gasteiger partial charge is 0.497 e. The van der Waals surface area contributed by atoms with Crippen LogP contribution in [0.1, 0.15) is 28.8 Å². The summed E-state index contributed by atoms with van der Waals surface area (Å²) in [4.78, 5) is 45.8. The van der Waals surface area contributed by atoms with Crippen LogP contribution in [-0.4, -0.2) is 80.1 Å². The zero-order chi connectivity index (χ0) is 28.8. The molecule has 2 saturated heterocycles. The Kier molecular flexibility index (Phi) is 8.42. The number of nitrogens with zero attached hydrogens (tertiary/aromatic N) is 3. The Morgan fingerprint density at radius 3 is 2.24 bits per heavy atom. The molecule has 0 unspecified atom stereocenters. The topological polar surface area (TPSA) is 91.4 Å². The number of carbonyl (C=O) groups excluding carboxylic acids is 3. The van der Waals surface area contributed by atoms with Crippen LogP contribution in [0.15, 0.2) is 78.9 Å². The zero-order valence-electron chi connectivity index (χ0n) is 23.5. The van der Waals surface area contributed by atoms with E-state index < -0.39 is 5.54 Å². The number of likely N-dealkylation sites (tertiary alicyclic amines) is 1. The Hall–Kier alpha value is -4.53. The van der Waals surface area contributed by atoms with Crippen LogP contribution >= 0.6 is 0 Å². The summed E-state index contributed by atoms with van der Waals surface area (Å²) < 4.78 is 10.7. The molecule has 0 aromatic heterocycles. The Bertz CT molecular complexity index is 1370. The predicted molar refractivity (Wildman–Crippen MR) is 156 cm³/mol. The predicted octanol–water partition coefficient (Wildman–Crippen LogP) is 3.34. The first-order valence-electron chi connectivity index (χ1n) is 13.9. The quantitative estimate of drug-likeness (QED) is 0.435. The van der Waals surface area contributed by atoms with Gasteiger partial charge in [-0.3, -0.25) is 14.4 Å². The van der Waals surface area contributed by atoms with E-state index in [4.69, 9.17) is 9.47 Å². The molecule has 2 aliphatic rings. The van der Waals surface area contributed by atoms with Gasteiger partial charge >= 0.3 is 0 Å². The van der Waals surface area contributed by atoms with Crippen molar-refractivity contribution >= 4 is 23.4 Å². The van der Waals surface area contributed by atoms with Crippen molar-refractivity contribution in [1.29, 1.82) is 0 Å². The van der Waals surface area contributed by atoms with Gasteiger partial charge in [-0.25, -0.2) is 0 Å². The van der Waals surface area contributed by atoms with Crippen molar-refractivity contribution in [3.05, 3.63) is 90.0 Å². The molecule has 0 radical (unpaired) electrons. The number of nitrogens with one attached hydrogen (secondary N) is 1. The number of ether oxygens (including phenoxy) is 2. The number of piperidine rings is 1. The van der Waals surface area contributed by atoms with Gasteiger partial charge in [0.25, 0.3) is 11.8 Å². The van der Waals surface area contributed by atoms with E-state index in [1.54, 1.807) is 35.1 Å². The lowest BCUT2D eigenvalue weighted by Crippen LogP contribution is -2.57. The fourth-order valence-corrected chi connectivity index (χ4v) is 5.77. The van der Waals surface area contributed by atoms with Gasteiger partial charge in [-0.15, -0.1) is 0 Å². The first-order valence-corrected chi connectivity index (χ1v) is 13.9. The molecule has 1 spiro atoms. The Balaban J connectivity index is 1.28. The third kappa shape index (κ3) is 5.84. The van der Waals surface area contributed by atoms with E-state index in [-0.39, 0.29) is 24.3 Å². The van der Waals surface area contributed by atoms with Crippen molar-refractivity contribution in [3.8, 4) is 11.5 Å². The SMILES string of the molecule is COc1ccc(C(=O)N2CCC3(CC2)C(=O)N(CC(=O)NCCc2ccccc2)CN3c2ccccc2)c(OC)c1. The Morgan fingerprint density at radius 1 is 0.902 bits per heavy atom. The van der Waals surface area contributed by atoms with Gasteiger partial charge in [-0.1, -0.05) is 48.5 Å². The second kappa shape index (κ2) is 12.3. The molecule has 1 N–H and O–H groups in total. The maximum Gasteiger partial charge on any atom is 0.257 e. The van der Waals surface area contributed by atoms with Gasteiger partial charge in [0, 0.05) is 31.4 Å². The van der Waals surface area contributed by atoms with Gasteiger partial charge in [0.2, 0.25) is 5.91 Å². The van der Waals surface area contributed by atoms with Crippen molar-refractivity contribution in [3.63, 3.8) is 0 Å². The number of amides is 3. The molecule has 2 aliphatic heterocycles. The molecule has 0 aliphatic carbocycles. The number of anilines is 1. The molecule has 2 fully saturated rings. The van der Waals surface area contributed by atoms with E-state index in [2.05, 4.69) is 10.2 Å². The lowest BCUT2D eigenvalue weighted by molar-refractivity contribution is -0.137. The van der Waals surface area contributed by atoms with Crippen LogP contribution in [-0.2, 0) is 16.0 Å². The standard InChI is InChI=1S/C32H36N4O5/c1-40-26-13-14-27(28(21-26)41-2)30(38)34-19-16-32(17-20-34)31(39)35(23-36(32)25-11-7-4-8-12-25)22-29(37)33-18-15-24-9-5-3-6-10-24/h3-14,21H,15-20,22-23H2,1-2H3,(H,33,37). The van der Waals surface area contributed by atoms with Crippen molar-refractivity contribution in [1.82, 2.24) is 15.1 Å². The second-order valence-corrected chi connectivity index (χ2v) is 10.4. The van der Waals surface area contributed by atoms with E-state index in [0.29, 0.717) is 56.2 Å². The third-order valence-electron chi connectivity index (χ3n) is 8.01. The normalized spacial score (nSPS) is 16.1. The molecule has 2 heterocycles. The summed E-state index contributed by atoms with van der Waals surface area (Å²) in [6.07, 6.45) is 1.64. The Morgan fingerprint density at radius 2 is 1.59 bits per heavy atom. The van der Waals surface area contributed by atoms with Crippen molar-refractivity contribution in [2.45, 2.75) is 24.8 Å². The van der Waals surface area contributed by atoms with Crippen LogP contribution in [0.5, 0.6) is 11.5 Å². The van der Waals surface area contributed by atoms with Gasteiger partial charge in [0.05, 0.1) is 26.5 Å². The smallest absolute Gasteiger partial charge is 0.257 e. The summed E-state index contributed by atoms with van der Waals surface area (Å²) in [5, 5.41) is 2.96. The molecule has 0 atom stereocenters. The summed E-state index contributed by atoms with van der Waals surface area (Å²) in [6.45, 7) is 1.62. The lowest BCUT2D eigenvalue weighted by atomic mass is 9.85. The molecule has 5 rings (SSSR count). The fraction of sp³-hybridized carbons (Fsp3) is 0.344. The van der Waals surface area contributed by atoms with Crippen molar-refractivity contribution in [2.24, 2.45) is 0 Å². The second-order valence-electron chi connectivity index (χ2n) is 10.4. The summed E-state index contributed by atoms with van der Waals surface area (Å²) in [5.74, 6) is 0.648. The molecule has 9 nitrogen and oxygen atoms in total. The minimum Gasteiger partial charge on any atom is -0.497 e. The van der Waals surface area contributed by atoms with E-state index in [1.807, 2.05) is 60.7 Å². The highest BCUT2D eigenvalue weighted by Crippen LogP contribution is 2.40. The van der Waals surface area contributed by atoms with Crippen molar-refractivity contribution < 1.29 is 23.9 Å². The van der Waals surface area contributed by atoms with Crippen LogP contribution in [0.25, 0.3) is 0 Å². The minimum absolute atomic E-state index is 0.00953. The molecule has 9 heteroatoms. The Labute approximate surface area is 240 Å². The lowest BCUT2D eigenvalue weighted by Gasteiger charge is -2.43. The van der Waals surface area contributed by atoms with E-state index in [1.165, 1.54) is 7.11 Å². The molecule has 0 saturated carbocycles. The average molecular weight is 557 g/mol. The van der Waals surface area contributed by atoms with Crippen LogP contribution in [0.3, 0.4) is 0 Å². The number of benzene rings is 3. The molecule has 0 bridgehead atoms. The number of hydrogen-bond donors (Lipinski definition) is 1. The highest BCUT2D eigenvalue weighted by Gasteiger charge is 2.54. The first-order chi connectivity index (χ1) is 19.9. The number of methoxy groups -OCH3 is 2. The highest BCUT2D eigenvalue weighted by molar-refractivity contribution is 5.99. The third-order valence-corrected chi connectivity index (χ3v) is 8.01. The molecule has 41 heavy (non-hydrogen) atoms. The molecule has 3 amide bonds. The first kappa shape index (κ1) is 28.0. The van der Waals surface area contributed by atoms with E-state index in [9.17, 15) is 14.4 Å². The fourth-order valence-electron chi connectivity index (χ4n) is 5.77. The number of rotatable bonds is 9. The van der Waals surface area contributed by atoms with Crippen LogP contribution in [0.4, 0.5) is 5.69 Å². The maximum atomic E-state index is 14.0. The minimum atomic E-state index is -0.827. The molecule has 3 aromatic rings. The summed E-state index contributed by atoms with van der Waals surface area (Å²) in [7, 11) is 3.09. The average Bonchev–Trinajstić information content (AvgIpc) is 3.27. The summed E-state index contributed by atoms with van der Waals surface area (Å²) >= 11 is 0. The van der Waals surface area contributed by atoms with Gasteiger partial charge < -0.3 is 29.5 Å². The number of hydrogen-bond acceptors (Lipinski definition) is 6. The van der Waals surface area contributed by atoms with Crippen LogP contribution in [0.2, 0.25) is 0 Å². The number of para-hydroxylation sites is 1. The summed E-state index contributed by atoms with van der Waals surface area (Å²) in [6, 6.07) is 24.9. The maximum absolute atomic E-state index is 14.0. The highest BCUT2D eigenvalue weighted by atomic mass is 16.5. The van der Waals surface area contributed by atoms with Crippen molar-refractivity contribution in [2.75, 3.05) is 52.0 Å². The monoisotopic (exact) mass is 556 g/mol. The molecule has 3 aromatic carbocycles. The van der Waals surface area contributed by atoms with Gasteiger partial charge in [0.15, 0.2) is 0 Å². The molecular formula is C32H36N4O5. The number of carbonyl (C=O) groups is 3.